The van der Waals surface area contributed by atoms with Crippen molar-refractivity contribution in [1.29, 1.82) is 5.26 Å². The molecule has 2 aliphatic carbocycles. The summed E-state index contributed by atoms with van der Waals surface area (Å²) in [6, 6.07) is 2.20. The van der Waals surface area contributed by atoms with Crippen LogP contribution >= 0.6 is 0 Å². The molecule has 0 radical (unpaired) electrons. The molecule has 3 nitrogen and oxygen atoms in total. The van der Waals surface area contributed by atoms with Crippen molar-refractivity contribution in [2.45, 2.75) is 39.5 Å². The van der Waals surface area contributed by atoms with E-state index in [4.69, 9.17) is 4.74 Å². The summed E-state index contributed by atoms with van der Waals surface area (Å²) in [4.78, 5) is 12.0. The highest BCUT2D eigenvalue weighted by Gasteiger charge is 2.54. The first kappa shape index (κ1) is 13.1. The van der Waals surface area contributed by atoms with Gasteiger partial charge in [-0.2, -0.15) is 5.26 Å². The number of allylic oxidation sites excluding steroid dienone is 2. The Balaban J connectivity index is 2.23. The van der Waals surface area contributed by atoms with Crippen LogP contribution in [0.15, 0.2) is 12.2 Å². The Morgan fingerprint density at radius 3 is 2.50 bits per heavy atom. The summed E-state index contributed by atoms with van der Waals surface area (Å²) >= 11 is 0. The summed E-state index contributed by atoms with van der Waals surface area (Å²) < 4.78 is 5.07. The second-order valence-corrected chi connectivity index (χ2v) is 5.55. The van der Waals surface area contributed by atoms with Crippen LogP contribution in [-0.2, 0) is 9.53 Å². The number of carbonyl (C=O) groups excluding carboxylic acids is 1. The molecule has 0 spiro atoms. The largest absolute Gasteiger partial charge is 0.465 e. The van der Waals surface area contributed by atoms with Crippen molar-refractivity contribution in [2.75, 3.05) is 6.61 Å². The number of carbonyl (C=O) groups is 1. The van der Waals surface area contributed by atoms with E-state index in [0.717, 1.165) is 12.8 Å². The molecule has 0 aromatic rings. The Bertz CT molecular complexity index is 382. The van der Waals surface area contributed by atoms with Crippen molar-refractivity contribution in [1.82, 2.24) is 0 Å². The van der Waals surface area contributed by atoms with Crippen molar-refractivity contribution in [3.63, 3.8) is 0 Å². The molecular weight excluding hydrogens is 226 g/mol. The molecule has 0 aromatic heterocycles. The number of hydrogen-bond donors (Lipinski definition) is 0. The average molecular weight is 247 g/mol. The Morgan fingerprint density at radius 1 is 1.50 bits per heavy atom. The molecule has 0 aliphatic heterocycles. The lowest BCUT2D eigenvalue weighted by Gasteiger charge is -2.29. The number of ether oxygens (including phenoxy) is 1. The van der Waals surface area contributed by atoms with E-state index in [-0.39, 0.29) is 11.4 Å². The van der Waals surface area contributed by atoms with Crippen LogP contribution in [-0.4, -0.2) is 12.6 Å². The van der Waals surface area contributed by atoms with E-state index in [1.807, 2.05) is 13.0 Å². The number of nitrogens with zero attached hydrogens (tertiary/aromatic N) is 1. The first-order chi connectivity index (χ1) is 8.66. The zero-order valence-corrected chi connectivity index (χ0v) is 11.2. The molecule has 98 valence electrons. The maximum atomic E-state index is 12.0. The minimum Gasteiger partial charge on any atom is -0.465 e. The standard InChI is InChI=1S/C15H21NO2/c1-3-7-15(8-11-5-6-12(11)9-15)13(10-16)14(17)18-4-2/h3,7,11-13H,4-6,8-9H2,1-2H3/b7-3+/t11-,12+,13?,15+. The molecule has 0 heterocycles. The summed E-state index contributed by atoms with van der Waals surface area (Å²) in [6.07, 6.45) is 8.51. The molecule has 0 saturated heterocycles. The topological polar surface area (TPSA) is 50.1 Å². The van der Waals surface area contributed by atoms with E-state index in [9.17, 15) is 10.1 Å². The number of esters is 1. The summed E-state index contributed by atoms with van der Waals surface area (Å²) in [5, 5.41) is 9.38. The van der Waals surface area contributed by atoms with E-state index in [1.165, 1.54) is 12.8 Å². The molecule has 2 fully saturated rings. The average Bonchev–Trinajstić information content (AvgIpc) is 2.56. The molecule has 0 bridgehead atoms. The highest BCUT2D eigenvalue weighted by molar-refractivity contribution is 5.77. The first-order valence-corrected chi connectivity index (χ1v) is 6.87. The fourth-order valence-corrected chi connectivity index (χ4v) is 3.68. The molecule has 0 aromatic carbocycles. The highest BCUT2D eigenvalue weighted by atomic mass is 16.5. The Labute approximate surface area is 109 Å². The summed E-state index contributed by atoms with van der Waals surface area (Å²) in [7, 11) is 0. The van der Waals surface area contributed by atoms with Crippen molar-refractivity contribution in [3.8, 4) is 6.07 Å². The quantitative estimate of drug-likeness (QED) is 0.566. The van der Waals surface area contributed by atoms with Gasteiger partial charge in [0.15, 0.2) is 5.92 Å². The zero-order valence-electron chi connectivity index (χ0n) is 11.2. The minimum atomic E-state index is -0.640. The lowest BCUT2D eigenvalue weighted by Crippen LogP contribution is -2.33. The predicted molar refractivity (Wildman–Crippen MR) is 68.4 cm³/mol. The van der Waals surface area contributed by atoms with Crippen LogP contribution in [0.4, 0.5) is 0 Å². The third-order valence-corrected chi connectivity index (χ3v) is 4.58. The van der Waals surface area contributed by atoms with Gasteiger partial charge in [-0.05, 0) is 51.4 Å². The predicted octanol–water partition coefficient (Wildman–Crippen LogP) is 3.07. The number of fused-ring (bicyclic) bond motifs is 1. The fourth-order valence-electron chi connectivity index (χ4n) is 3.68. The minimum absolute atomic E-state index is 0.276. The van der Waals surface area contributed by atoms with E-state index in [1.54, 1.807) is 6.92 Å². The fraction of sp³-hybridized carbons (Fsp3) is 0.733. The van der Waals surface area contributed by atoms with Crippen LogP contribution < -0.4 is 0 Å². The van der Waals surface area contributed by atoms with Gasteiger partial charge in [0.05, 0.1) is 12.7 Å². The highest BCUT2D eigenvalue weighted by Crippen LogP contribution is 2.59. The molecule has 2 rings (SSSR count). The molecule has 18 heavy (non-hydrogen) atoms. The molecule has 3 heteroatoms. The first-order valence-electron chi connectivity index (χ1n) is 6.87. The van der Waals surface area contributed by atoms with Gasteiger partial charge in [-0.25, -0.2) is 0 Å². The number of nitriles is 1. The number of rotatable bonds is 4. The van der Waals surface area contributed by atoms with Gasteiger partial charge in [-0.1, -0.05) is 12.2 Å². The van der Waals surface area contributed by atoms with Crippen LogP contribution in [0.3, 0.4) is 0 Å². The van der Waals surface area contributed by atoms with Crippen molar-refractivity contribution in [3.05, 3.63) is 12.2 Å². The molecule has 0 N–H and O–H groups in total. The zero-order chi connectivity index (χ0) is 13.2. The maximum absolute atomic E-state index is 12.0. The second kappa shape index (κ2) is 5.14. The van der Waals surface area contributed by atoms with Crippen LogP contribution in [0, 0.1) is 34.5 Å². The van der Waals surface area contributed by atoms with Crippen LogP contribution in [0.1, 0.15) is 39.5 Å². The van der Waals surface area contributed by atoms with E-state index >= 15 is 0 Å². The summed E-state index contributed by atoms with van der Waals surface area (Å²) in [5.41, 5.74) is -0.276. The second-order valence-electron chi connectivity index (χ2n) is 5.55. The van der Waals surface area contributed by atoms with Gasteiger partial charge in [-0.15, -0.1) is 0 Å². The van der Waals surface area contributed by atoms with Crippen LogP contribution in [0.5, 0.6) is 0 Å². The Kier molecular flexibility index (Phi) is 3.75. The van der Waals surface area contributed by atoms with Gasteiger partial charge in [0, 0.05) is 5.41 Å². The monoisotopic (exact) mass is 247 g/mol. The van der Waals surface area contributed by atoms with Gasteiger partial charge in [0.2, 0.25) is 0 Å². The van der Waals surface area contributed by atoms with E-state index in [2.05, 4.69) is 12.1 Å². The van der Waals surface area contributed by atoms with Gasteiger partial charge >= 0.3 is 5.97 Å². The van der Waals surface area contributed by atoms with Crippen LogP contribution in [0.2, 0.25) is 0 Å². The maximum Gasteiger partial charge on any atom is 0.324 e. The SMILES string of the molecule is C/C=C/[C@]1(C(C#N)C(=O)OCC)C[C@H]2CC[C@H]2C1. The lowest BCUT2D eigenvalue weighted by molar-refractivity contribution is -0.149. The third kappa shape index (κ3) is 2.05. The smallest absolute Gasteiger partial charge is 0.324 e. The molecule has 2 aliphatic rings. The molecule has 4 atom stereocenters. The van der Waals surface area contributed by atoms with E-state index in [0.29, 0.717) is 18.4 Å². The Morgan fingerprint density at radius 2 is 2.11 bits per heavy atom. The summed E-state index contributed by atoms with van der Waals surface area (Å²) in [5.74, 6) is 0.441. The molecule has 2 saturated carbocycles. The summed E-state index contributed by atoms with van der Waals surface area (Å²) in [6.45, 7) is 4.09. The third-order valence-electron chi connectivity index (χ3n) is 4.58. The van der Waals surface area contributed by atoms with Gasteiger partial charge in [-0.3, -0.25) is 4.79 Å². The number of hydrogen-bond acceptors (Lipinski definition) is 3. The van der Waals surface area contributed by atoms with Gasteiger partial charge in [0.1, 0.15) is 0 Å². The Hall–Kier alpha value is -1.30. The van der Waals surface area contributed by atoms with Gasteiger partial charge < -0.3 is 4.74 Å². The van der Waals surface area contributed by atoms with Crippen molar-refractivity contribution in [2.24, 2.45) is 23.2 Å². The lowest BCUT2D eigenvalue weighted by atomic mass is 9.73. The van der Waals surface area contributed by atoms with Gasteiger partial charge in [0.25, 0.3) is 0 Å². The molecule has 1 unspecified atom stereocenters. The van der Waals surface area contributed by atoms with E-state index < -0.39 is 5.92 Å². The molecule has 0 amide bonds. The van der Waals surface area contributed by atoms with Crippen molar-refractivity contribution >= 4 is 5.97 Å². The van der Waals surface area contributed by atoms with Crippen molar-refractivity contribution < 1.29 is 9.53 Å². The normalized spacial score (nSPS) is 35.6. The van der Waals surface area contributed by atoms with Crippen LogP contribution in [0.25, 0.3) is 0 Å². The molecular formula is C15H21NO2.